The number of halogens is 1. The van der Waals surface area contributed by atoms with E-state index in [1.165, 1.54) is 24.3 Å². The Morgan fingerprint density at radius 3 is 2.31 bits per heavy atom. The monoisotopic (exact) mass is 222 g/mol. The number of hydrogen-bond donors (Lipinski definition) is 2. The molecule has 5 heteroatoms. The second kappa shape index (κ2) is 4.30. The Morgan fingerprint density at radius 2 is 1.75 bits per heavy atom. The maximum absolute atomic E-state index is 12.6. The smallest absolute Gasteiger partial charge is 0.269 e. The third-order valence-corrected chi connectivity index (χ3v) is 2.35. The molecule has 2 amide bonds. The lowest BCUT2D eigenvalue weighted by Crippen LogP contribution is -2.42. The molecule has 0 atom stereocenters. The molecule has 1 aromatic rings. The van der Waals surface area contributed by atoms with Gasteiger partial charge in [0.1, 0.15) is 5.82 Å². The van der Waals surface area contributed by atoms with Gasteiger partial charge in [0.25, 0.3) is 5.91 Å². The molecular formula is C11H11FN2O2. The van der Waals surface area contributed by atoms with Gasteiger partial charge < -0.3 is 0 Å². The molecule has 16 heavy (non-hydrogen) atoms. The van der Waals surface area contributed by atoms with E-state index in [1.807, 2.05) is 0 Å². The van der Waals surface area contributed by atoms with Crippen LogP contribution < -0.4 is 10.9 Å². The van der Waals surface area contributed by atoms with Crippen LogP contribution in [0.4, 0.5) is 4.39 Å². The molecule has 0 aromatic heterocycles. The number of rotatable bonds is 2. The van der Waals surface area contributed by atoms with E-state index in [-0.39, 0.29) is 11.8 Å². The number of carbonyl (C=O) groups is 2. The van der Waals surface area contributed by atoms with Crippen LogP contribution in [0, 0.1) is 11.7 Å². The molecule has 4 nitrogen and oxygen atoms in total. The Hall–Kier alpha value is -1.91. The van der Waals surface area contributed by atoms with E-state index in [0.29, 0.717) is 5.56 Å². The van der Waals surface area contributed by atoms with Crippen LogP contribution in [-0.2, 0) is 4.79 Å². The van der Waals surface area contributed by atoms with Gasteiger partial charge in [-0.1, -0.05) is 0 Å². The first-order valence-electron chi connectivity index (χ1n) is 5.02. The van der Waals surface area contributed by atoms with Crippen molar-refractivity contribution in [3.05, 3.63) is 35.6 Å². The largest absolute Gasteiger partial charge is 0.273 e. The maximum atomic E-state index is 12.6. The molecular weight excluding hydrogens is 211 g/mol. The number of hydrogen-bond acceptors (Lipinski definition) is 2. The summed E-state index contributed by atoms with van der Waals surface area (Å²) >= 11 is 0. The fourth-order valence-electron chi connectivity index (χ4n) is 1.24. The van der Waals surface area contributed by atoms with Crippen molar-refractivity contribution in [1.29, 1.82) is 0 Å². The first kappa shape index (κ1) is 10.6. The number of carbonyl (C=O) groups excluding carboxylic acids is 2. The Morgan fingerprint density at radius 1 is 1.12 bits per heavy atom. The summed E-state index contributed by atoms with van der Waals surface area (Å²) in [6, 6.07) is 5.09. The zero-order chi connectivity index (χ0) is 11.5. The van der Waals surface area contributed by atoms with E-state index in [0.717, 1.165) is 12.8 Å². The highest BCUT2D eigenvalue weighted by Gasteiger charge is 2.29. The molecule has 0 saturated heterocycles. The van der Waals surface area contributed by atoms with Gasteiger partial charge in [0.05, 0.1) is 0 Å². The normalized spacial score (nSPS) is 14.3. The minimum atomic E-state index is -0.450. The molecule has 0 unspecified atom stereocenters. The van der Waals surface area contributed by atoms with Gasteiger partial charge in [-0.05, 0) is 37.1 Å². The van der Waals surface area contributed by atoms with Crippen molar-refractivity contribution in [1.82, 2.24) is 10.9 Å². The number of amides is 2. The van der Waals surface area contributed by atoms with Crippen molar-refractivity contribution in [2.45, 2.75) is 12.8 Å². The van der Waals surface area contributed by atoms with Crippen molar-refractivity contribution in [3.63, 3.8) is 0 Å². The second-order valence-electron chi connectivity index (χ2n) is 3.72. The van der Waals surface area contributed by atoms with Crippen molar-refractivity contribution in [3.8, 4) is 0 Å². The van der Waals surface area contributed by atoms with E-state index in [9.17, 15) is 14.0 Å². The Bertz CT molecular complexity index is 412. The van der Waals surface area contributed by atoms with Gasteiger partial charge in [0.2, 0.25) is 5.91 Å². The molecule has 84 valence electrons. The molecule has 2 rings (SSSR count). The first-order chi connectivity index (χ1) is 7.66. The Kier molecular flexibility index (Phi) is 2.85. The molecule has 0 spiro atoms. The minimum absolute atomic E-state index is 0.0357. The van der Waals surface area contributed by atoms with Gasteiger partial charge in [-0.25, -0.2) is 4.39 Å². The van der Waals surface area contributed by atoms with Gasteiger partial charge in [-0.3, -0.25) is 20.4 Å². The summed E-state index contributed by atoms with van der Waals surface area (Å²) in [5.74, 6) is -0.989. The van der Waals surface area contributed by atoms with Crippen molar-refractivity contribution < 1.29 is 14.0 Å². The van der Waals surface area contributed by atoms with Crippen LogP contribution in [0.15, 0.2) is 24.3 Å². The Labute approximate surface area is 91.8 Å². The fraction of sp³-hybridized carbons (Fsp3) is 0.273. The van der Waals surface area contributed by atoms with Crippen LogP contribution >= 0.6 is 0 Å². The molecule has 1 aliphatic carbocycles. The Balaban J connectivity index is 1.87. The highest BCUT2D eigenvalue weighted by Crippen LogP contribution is 2.28. The third-order valence-electron chi connectivity index (χ3n) is 2.35. The molecule has 1 fully saturated rings. The van der Waals surface area contributed by atoms with E-state index >= 15 is 0 Å². The van der Waals surface area contributed by atoms with E-state index in [4.69, 9.17) is 0 Å². The molecule has 0 aliphatic heterocycles. The average Bonchev–Trinajstić information content (AvgIpc) is 3.10. The number of hydrazine groups is 1. The third kappa shape index (κ3) is 2.56. The molecule has 2 N–H and O–H groups in total. The standard InChI is InChI=1S/C11H11FN2O2/c12-9-5-3-8(4-6-9)11(16)14-13-10(15)7-1-2-7/h3-7H,1-2H2,(H,13,15)(H,14,16). The highest BCUT2D eigenvalue weighted by atomic mass is 19.1. The lowest BCUT2D eigenvalue weighted by molar-refractivity contribution is -0.123. The second-order valence-corrected chi connectivity index (χ2v) is 3.72. The summed E-state index contributed by atoms with van der Waals surface area (Å²) in [6.07, 6.45) is 1.75. The van der Waals surface area contributed by atoms with Crippen molar-refractivity contribution in [2.24, 2.45) is 5.92 Å². The van der Waals surface area contributed by atoms with Crippen molar-refractivity contribution >= 4 is 11.8 Å². The SMILES string of the molecule is O=C(NNC(=O)C1CC1)c1ccc(F)cc1. The van der Waals surface area contributed by atoms with Crippen molar-refractivity contribution in [2.75, 3.05) is 0 Å². The first-order valence-corrected chi connectivity index (χ1v) is 5.02. The lowest BCUT2D eigenvalue weighted by atomic mass is 10.2. The fourth-order valence-corrected chi connectivity index (χ4v) is 1.24. The quantitative estimate of drug-likeness (QED) is 0.733. The van der Waals surface area contributed by atoms with Crippen LogP contribution in [0.5, 0.6) is 0 Å². The molecule has 1 aromatic carbocycles. The zero-order valence-corrected chi connectivity index (χ0v) is 8.50. The summed E-state index contributed by atoms with van der Waals surface area (Å²) in [5.41, 5.74) is 4.91. The zero-order valence-electron chi connectivity index (χ0n) is 8.50. The number of nitrogens with one attached hydrogen (secondary N) is 2. The lowest BCUT2D eigenvalue weighted by Gasteiger charge is -2.06. The average molecular weight is 222 g/mol. The van der Waals surface area contributed by atoms with E-state index in [2.05, 4.69) is 10.9 Å². The summed E-state index contributed by atoms with van der Waals surface area (Å²) < 4.78 is 12.6. The molecule has 0 radical (unpaired) electrons. The van der Waals surface area contributed by atoms with Crippen LogP contribution in [0.25, 0.3) is 0 Å². The molecule has 1 aliphatic rings. The summed E-state index contributed by atoms with van der Waals surface area (Å²) in [4.78, 5) is 22.7. The minimum Gasteiger partial charge on any atom is -0.273 e. The van der Waals surface area contributed by atoms with Gasteiger partial charge in [-0.2, -0.15) is 0 Å². The highest BCUT2D eigenvalue weighted by molar-refractivity contribution is 5.95. The van der Waals surface area contributed by atoms with Gasteiger partial charge in [0.15, 0.2) is 0 Å². The molecule has 1 saturated carbocycles. The van der Waals surface area contributed by atoms with Gasteiger partial charge >= 0.3 is 0 Å². The topological polar surface area (TPSA) is 58.2 Å². The summed E-state index contributed by atoms with van der Waals surface area (Å²) in [7, 11) is 0. The predicted octanol–water partition coefficient (Wildman–Crippen LogP) is 0.997. The van der Waals surface area contributed by atoms with E-state index in [1.54, 1.807) is 0 Å². The summed E-state index contributed by atoms with van der Waals surface area (Å²) in [6.45, 7) is 0. The summed E-state index contributed by atoms with van der Waals surface area (Å²) in [5, 5.41) is 0. The van der Waals surface area contributed by atoms with Gasteiger partial charge in [-0.15, -0.1) is 0 Å². The van der Waals surface area contributed by atoms with Crippen LogP contribution in [-0.4, -0.2) is 11.8 Å². The van der Waals surface area contributed by atoms with Crippen LogP contribution in [0.1, 0.15) is 23.2 Å². The number of benzene rings is 1. The van der Waals surface area contributed by atoms with Crippen LogP contribution in [0.2, 0.25) is 0 Å². The van der Waals surface area contributed by atoms with E-state index < -0.39 is 11.7 Å². The predicted molar refractivity (Wildman–Crippen MR) is 54.7 cm³/mol. The maximum Gasteiger partial charge on any atom is 0.269 e. The van der Waals surface area contributed by atoms with Gasteiger partial charge in [0, 0.05) is 11.5 Å². The molecule has 0 bridgehead atoms. The molecule has 0 heterocycles. The van der Waals surface area contributed by atoms with Crippen LogP contribution in [0.3, 0.4) is 0 Å².